The molecule has 2 aromatic heterocycles. The van der Waals surface area contributed by atoms with E-state index in [2.05, 4.69) is 193 Å². The first kappa shape index (κ1) is 52.6. The second-order valence-electron chi connectivity index (χ2n) is 25.3. The van der Waals surface area contributed by atoms with Gasteiger partial charge in [-0.15, -0.1) is 0 Å². The zero-order valence-corrected chi connectivity index (χ0v) is 45.9. The Hall–Kier alpha value is -6.28. The van der Waals surface area contributed by atoms with Gasteiger partial charge in [0.15, 0.2) is 0 Å². The number of fused-ring (bicyclic) bond motifs is 6. The first-order valence-corrected chi connectivity index (χ1v) is 26.0. The van der Waals surface area contributed by atoms with Gasteiger partial charge in [-0.25, -0.2) is 0 Å². The highest BCUT2D eigenvalue weighted by atomic mass is 19.4. The van der Waals surface area contributed by atoms with Crippen LogP contribution in [0.4, 0.5) is 26.3 Å². The van der Waals surface area contributed by atoms with E-state index in [0.717, 1.165) is 94.8 Å². The third-order valence-electron chi connectivity index (χ3n) is 15.1. The highest BCUT2D eigenvalue weighted by molar-refractivity contribution is 6.13. The van der Waals surface area contributed by atoms with Gasteiger partial charge in [0, 0.05) is 32.7 Å². The van der Waals surface area contributed by atoms with Crippen LogP contribution in [0.15, 0.2) is 121 Å². The lowest BCUT2D eigenvalue weighted by Gasteiger charge is -2.33. The molecule has 0 aliphatic rings. The van der Waals surface area contributed by atoms with Crippen molar-refractivity contribution in [1.29, 1.82) is 0 Å². The highest BCUT2D eigenvalue weighted by Gasteiger charge is 2.37. The van der Waals surface area contributed by atoms with E-state index in [9.17, 15) is 0 Å². The maximum atomic E-state index is 15.2. The van der Waals surface area contributed by atoms with E-state index in [1.165, 1.54) is 24.3 Å². The zero-order valence-electron chi connectivity index (χ0n) is 45.9. The smallest absolute Gasteiger partial charge is 0.309 e. The molecule has 0 bridgehead atoms. The summed E-state index contributed by atoms with van der Waals surface area (Å²) in [6, 6.07) is 36.9. The van der Waals surface area contributed by atoms with Gasteiger partial charge in [-0.1, -0.05) is 159 Å². The number of halogens is 6. The van der Waals surface area contributed by atoms with Crippen molar-refractivity contribution in [3.05, 3.63) is 166 Å². The maximum absolute atomic E-state index is 15.2. The van der Waals surface area contributed by atoms with Crippen LogP contribution in [-0.4, -0.2) is 9.13 Å². The summed E-state index contributed by atoms with van der Waals surface area (Å²) in [5.74, 6) is -0.658. The van der Waals surface area contributed by atoms with Gasteiger partial charge in [-0.2, -0.15) is 26.3 Å². The van der Waals surface area contributed by atoms with Crippen molar-refractivity contribution in [2.24, 2.45) is 0 Å². The number of alkyl halides is 6. The van der Waals surface area contributed by atoms with Crippen molar-refractivity contribution < 1.29 is 26.3 Å². The van der Waals surface area contributed by atoms with Gasteiger partial charge in [-0.3, -0.25) is 0 Å². The molecule has 0 N–H and O–H groups in total. The number of nitrogens with zero attached hydrogens (tertiary/aromatic N) is 2. The van der Waals surface area contributed by atoms with E-state index in [0.29, 0.717) is 27.9 Å². The lowest BCUT2D eigenvalue weighted by atomic mass is 9.78. The van der Waals surface area contributed by atoms with Crippen molar-refractivity contribution in [2.45, 2.75) is 157 Å². The third kappa shape index (κ3) is 9.12. The van der Waals surface area contributed by atoms with E-state index in [4.69, 9.17) is 0 Å². The minimum atomic E-state index is -4.69. The van der Waals surface area contributed by atoms with E-state index < -0.39 is 23.5 Å². The molecule has 2 heterocycles. The molecule has 0 aliphatic heterocycles. The fourth-order valence-electron chi connectivity index (χ4n) is 11.0. The minimum Gasteiger partial charge on any atom is -0.309 e. The summed E-state index contributed by atoms with van der Waals surface area (Å²) < 4.78 is 95.9. The third-order valence-corrected chi connectivity index (χ3v) is 15.1. The molecule has 386 valence electrons. The molecule has 2 nitrogen and oxygen atoms in total. The predicted octanol–water partition coefficient (Wildman–Crippen LogP) is 20.7. The summed E-state index contributed by atoms with van der Waals surface area (Å²) in [7, 11) is 0. The Bertz CT molecular complexity index is 3440. The Kier molecular flexibility index (Phi) is 12.6. The molecule has 74 heavy (non-hydrogen) atoms. The molecule has 0 saturated carbocycles. The van der Waals surface area contributed by atoms with Crippen LogP contribution in [-0.2, 0) is 34.0 Å². The molecule has 7 aromatic carbocycles. The van der Waals surface area contributed by atoms with Crippen molar-refractivity contribution >= 4 is 43.6 Å². The van der Waals surface area contributed by atoms with Crippen LogP contribution in [0.25, 0.3) is 77.2 Å². The summed E-state index contributed by atoms with van der Waals surface area (Å²) in [5.41, 5.74) is 9.80. The second kappa shape index (κ2) is 17.7. The number of rotatable bonds is 6. The van der Waals surface area contributed by atoms with Gasteiger partial charge < -0.3 is 9.13 Å². The summed E-state index contributed by atoms with van der Waals surface area (Å²) in [5, 5.41) is 3.91. The van der Waals surface area contributed by atoms with Crippen LogP contribution in [0.5, 0.6) is 0 Å². The number of hydrogen-bond acceptors (Lipinski definition) is 0. The van der Waals surface area contributed by atoms with Crippen LogP contribution in [0.2, 0.25) is 0 Å². The number of benzene rings is 7. The van der Waals surface area contributed by atoms with Gasteiger partial charge in [0.1, 0.15) is 0 Å². The molecule has 0 aliphatic carbocycles. The molecular weight excluding hydrogens is 935 g/mol. The normalized spacial score (nSPS) is 13.5. The fourth-order valence-corrected chi connectivity index (χ4v) is 11.0. The summed E-state index contributed by atoms with van der Waals surface area (Å²) in [6.07, 6.45) is -9.39. The van der Waals surface area contributed by atoms with Crippen LogP contribution in [0.1, 0.15) is 167 Å². The van der Waals surface area contributed by atoms with Crippen LogP contribution in [0, 0.1) is 0 Å². The largest absolute Gasteiger partial charge is 0.416 e. The Morgan fingerprint density at radius 1 is 0.324 bits per heavy atom. The first-order chi connectivity index (χ1) is 34.2. The standard InChI is InChI=1S/C66H70F6N2/c1-37(2)55-57(39-19-17-21-45(31-39)65(67,68)69)60(74-53-29-25-43(63(11,12)13)35-49(53)50-36-44(64(14,15)16)26-30-54(50)74)58(40-20-18-22-46(32-40)66(70,71)72)56(38(3)4)59(55)73-51-27-23-41(61(5,6)7)33-47(51)48-34-42(62(8,9)10)24-28-52(48)73/h17-38H,1-16H3. The Morgan fingerprint density at radius 2 is 0.595 bits per heavy atom. The number of hydrogen-bond donors (Lipinski definition) is 0. The monoisotopic (exact) mass is 1000 g/mol. The molecule has 0 saturated heterocycles. The van der Waals surface area contributed by atoms with Gasteiger partial charge in [0.2, 0.25) is 0 Å². The zero-order chi connectivity index (χ0) is 54.2. The minimum absolute atomic E-state index is 0.199. The molecule has 0 fully saturated rings. The second-order valence-corrected chi connectivity index (χ2v) is 25.3. The van der Waals surface area contributed by atoms with E-state index >= 15 is 26.3 Å². The quantitative estimate of drug-likeness (QED) is 0.147. The van der Waals surface area contributed by atoms with Gasteiger partial charge in [0.05, 0.1) is 44.6 Å². The lowest BCUT2D eigenvalue weighted by molar-refractivity contribution is -0.138. The molecule has 0 amide bonds. The van der Waals surface area contributed by atoms with Gasteiger partial charge in [-0.05, 0) is 151 Å². The van der Waals surface area contributed by atoms with Crippen molar-refractivity contribution in [1.82, 2.24) is 9.13 Å². The molecule has 8 heteroatoms. The SMILES string of the molecule is CC(C)c1c(-c2cccc(C(F)(F)F)c2)c(-n2c3ccc(C(C)(C)C)cc3c3cc(C(C)(C)C)ccc32)c(-c2cccc(C(F)(F)F)c2)c(C(C)C)c1-n1c2ccc(C(C)(C)C)cc2c2cc(C(C)(C)C)ccc21. The van der Waals surface area contributed by atoms with Crippen molar-refractivity contribution in [2.75, 3.05) is 0 Å². The Morgan fingerprint density at radius 3 is 0.838 bits per heavy atom. The van der Waals surface area contributed by atoms with E-state index in [-0.39, 0.29) is 33.5 Å². The first-order valence-electron chi connectivity index (χ1n) is 26.0. The maximum Gasteiger partial charge on any atom is 0.416 e. The van der Waals surface area contributed by atoms with Crippen LogP contribution >= 0.6 is 0 Å². The predicted molar refractivity (Wildman–Crippen MR) is 299 cm³/mol. The molecule has 9 aromatic rings. The molecule has 9 rings (SSSR count). The molecule has 0 unspecified atom stereocenters. The average Bonchev–Trinajstić information content (AvgIpc) is 3.80. The summed E-state index contributed by atoms with van der Waals surface area (Å²) in [4.78, 5) is 0. The van der Waals surface area contributed by atoms with Crippen LogP contribution < -0.4 is 0 Å². The van der Waals surface area contributed by atoms with E-state index in [1.807, 2.05) is 0 Å². The lowest BCUT2D eigenvalue weighted by Crippen LogP contribution is -2.16. The van der Waals surface area contributed by atoms with Crippen molar-refractivity contribution in [3.63, 3.8) is 0 Å². The Balaban J connectivity index is 1.64. The Labute approximate surface area is 433 Å². The van der Waals surface area contributed by atoms with Crippen molar-refractivity contribution in [3.8, 4) is 33.6 Å². The summed E-state index contributed by atoms with van der Waals surface area (Å²) >= 11 is 0. The van der Waals surface area contributed by atoms with Crippen LogP contribution in [0.3, 0.4) is 0 Å². The highest BCUT2D eigenvalue weighted by Crippen LogP contribution is 2.54. The molecule has 0 radical (unpaired) electrons. The molecule has 0 atom stereocenters. The number of aromatic nitrogens is 2. The van der Waals surface area contributed by atoms with E-state index in [1.54, 1.807) is 12.1 Å². The van der Waals surface area contributed by atoms with Gasteiger partial charge in [0.25, 0.3) is 0 Å². The summed E-state index contributed by atoms with van der Waals surface area (Å²) in [6.45, 7) is 34.4. The molecular formula is C66H70F6N2. The molecule has 0 spiro atoms. The topological polar surface area (TPSA) is 9.86 Å². The average molecular weight is 1010 g/mol. The van der Waals surface area contributed by atoms with Gasteiger partial charge >= 0.3 is 12.4 Å². The fraction of sp³-hybridized carbons (Fsp3) is 0.364.